The Balaban J connectivity index is 1.42. The molecule has 7 heteroatoms. The van der Waals surface area contributed by atoms with Crippen LogP contribution >= 0.6 is 23.2 Å². The first kappa shape index (κ1) is 19.5. The second-order valence-electron chi connectivity index (χ2n) is 6.92. The number of fused-ring (bicyclic) bond motifs is 1. The Kier molecular flexibility index (Phi) is 5.28. The van der Waals surface area contributed by atoms with Gasteiger partial charge in [-0.1, -0.05) is 71.7 Å². The number of hydrogen-bond acceptors (Lipinski definition) is 4. The minimum absolute atomic E-state index is 0.390. The molecule has 5 nitrogen and oxygen atoms in total. The Morgan fingerprint density at radius 3 is 2.19 bits per heavy atom. The van der Waals surface area contributed by atoms with E-state index in [2.05, 4.69) is 27.1 Å². The number of benzene rings is 3. The lowest BCUT2D eigenvalue weighted by atomic mass is 10.1. The molecule has 5 rings (SSSR count). The number of ether oxygens (including phenoxy) is 1. The highest BCUT2D eigenvalue weighted by Gasteiger charge is 2.14. The summed E-state index contributed by atoms with van der Waals surface area (Å²) in [7, 11) is 0. The summed E-state index contributed by atoms with van der Waals surface area (Å²) >= 11 is 12.6. The van der Waals surface area contributed by atoms with Crippen LogP contribution in [0.2, 0.25) is 10.0 Å². The molecule has 0 aliphatic rings. The number of halogens is 2. The lowest BCUT2D eigenvalue weighted by Gasteiger charge is -2.09. The second kappa shape index (κ2) is 8.38. The van der Waals surface area contributed by atoms with Crippen LogP contribution in [0, 0.1) is 0 Å². The second-order valence-corrected chi connectivity index (χ2v) is 7.73. The summed E-state index contributed by atoms with van der Waals surface area (Å²) in [6, 6.07) is 23.5. The van der Waals surface area contributed by atoms with Gasteiger partial charge in [-0.15, -0.1) is 0 Å². The summed E-state index contributed by atoms with van der Waals surface area (Å²) in [6.45, 7) is 0.442. The maximum Gasteiger partial charge on any atom is 0.250 e. The standard InChI is InChI=1S/C24H16Cl2N4O/c25-20-7-4-8-21(26)19(20)13-30-15-29-22-23(30)27-14-28-24(22)31-18-11-9-17(10-12-18)16-5-2-1-3-6-16/h1-12,14-15H,13H2. The predicted octanol–water partition coefficient (Wildman–Crippen LogP) is 6.64. The monoisotopic (exact) mass is 446 g/mol. The van der Waals surface area contributed by atoms with E-state index in [1.165, 1.54) is 6.33 Å². The van der Waals surface area contributed by atoms with Gasteiger partial charge in [0.25, 0.3) is 5.88 Å². The largest absolute Gasteiger partial charge is 0.437 e. The summed E-state index contributed by atoms with van der Waals surface area (Å²) in [5.41, 5.74) is 4.28. The quantitative estimate of drug-likeness (QED) is 0.303. The van der Waals surface area contributed by atoms with Gasteiger partial charge < -0.3 is 9.30 Å². The van der Waals surface area contributed by atoms with Crippen molar-refractivity contribution in [2.45, 2.75) is 6.54 Å². The van der Waals surface area contributed by atoms with Gasteiger partial charge in [0.1, 0.15) is 12.1 Å². The van der Waals surface area contributed by atoms with E-state index in [9.17, 15) is 0 Å². The SMILES string of the molecule is Clc1cccc(Cl)c1Cn1cnc2c(Oc3ccc(-c4ccccc4)cc3)ncnc21. The fourth-order valence-electron chi connectivity index (χ4n) is 3.36. The Hall–Kier alpha value is -3.41. The molecule has 31 heavy (non-hydrogen) atoms. The van der Waals surface area contributed by atoms with Gasteiger partial charge in [0.05, 0.1) is 12.9 Å². The van der Waals surface area contributed by atoms with Crippen LogP contribution in [-0.2, 0) is 6.54 Å². The molecule has 0 atom stereocenters. The van der Waals surface area contributed by atoms with Gasteiger partial charge in [-0.2, -0.15) is 4.98 Å². The number of imidazole rings is 1. The van der Waals surface area contributed by atoms with Crippen LogP contribution in [0.1, 0.15) is 5.56 Å². The highest BCUT2D eigenvalue weighted by Crippen LogP contribution is 2.30. The van der Waals surface area contributed by atoms with Crippen LogP contribution in [0.25, 0.3) is 22.3 Å². The normalized spacial score (nSPS) is 11.0. The number of hydrogen-bond donors (Lipinski definition) is 0. The van der Waals surface area contributed by atoms with E-state index < -0.39 is 0 Å². The van der Waals surface area contributed by atoms with Crippen molar-refractivity contribution in [2.24, 2.45) is 0 Å². The van der Waals surface area contributed by atoms with Crippen molar-refractivity contribution in [3.05, 3.63) is 101 Å². The van der Waals surface area contributed by atoms with E-state index in [0.717, 1.165) is 16.7 Å². The molecule has 0 saturated heterocycles. The Morgan fingerprint density at radius 1 is 0.742 bits per heavy atom. The van der Waals surface area contributed by atoms with E-state index in [-0.39, 0.29) is 0 Å². The van der Waals surface area contributed by atoms with Crippen molar-refractivity contribution in [2.75, 3.05) is 0 Å². The van der Waals surface area contributed by atoms with Gasteiger partial charge in [0.15, 0.2) is 11.2 Å². The Bertz CT molecular complexity index is 1330. The Morgan fingerprint density at radius 2 is 1.45 bits per heavy atom. The molecule has 152 valence electrons. The van der Waals surface area contributed by atoms with Crippen LogP contribution < -0.4 is 4.74 Å². The van der Waals surface area contributed by atoms with Gasteiger partial charge >= 0.3 is 0 Å². The molecule has 2 aromatic heterocycles. The highest BCUT2D eigenvalue weighted by atomic mass is 35.5. The summed E-state index contributed by atoms with van der Waals surface area (Å²) in [4.78, 5) is 13.1. The molecule has 0 unspecified atom stereocenters. The smallest absolute Gasteiger partial charge is 0.250 e. The van der Waals surface area contributed by atoms with E-state index >= 15 is 0 Å². The van der Waals surface area contributed by atoms with Crippen molar-refractivity contribution in [1.82, 2.24) is 19.5 Å². The van der Waals surface area contributed by atoms with Crippen molar-refractivity contribution < 1.29 is 4.74 Å². The van der Waals surface area contributed by atoms with Crippen molar-refractivity contribution in [3.63, 3.8) is 0 Å². The third-order valence-corrected chi connectivity index (χ3v) is 5.64. The van der Waals surface area contributed by atoms with Gasteiger partial charge in [-0.05, 0) is 35.4 Å². The molecule has 0 radical (unpaired) electrons. The average Bonchev–Trinajstić information content (AvgIpc) is 3.21. The third kappa shape index (κ3) is 3.98. The molecular weight excluding hydrogens is 431 g/mol. The molecule has 0 aliphatic carbocycles. The third-order valence-electron chi connectivity index (χ3n) is 4.93. The number of rotatable bonds is 5. The molecule has 0 bridgehead atoms. The van der Waals surface area contributed by atoms with Crippen molar-refractivity contribution in [3.8, 4) is 22.8 Å². The minimum Gasteiger partial charge on any atom is -0.437 e. The van der Waals surface area contributed by atoms with E-state index in [0.29, 0.717) is 39.4 Å². The Labute approximate surface area is 188 Å². The summed E-state index contributed by atoms with van der Waals surface area (Å²) < 4.78 is 7.88. The summed E-state index contributed by atoms with van der Waals surface area (Å²) in [6.07, 6.45) is 3.15. The van der Waals surface area contributed by atoms with Crippen LogP contribution in [0.3, 0.4) is 0 Å². The zero-order valence-corrected chi connectivity index (χ0v) is 17.8. The van der Waals surface area contributed by atoms with Crippen LogP contribution in [0.4, 0.5) is 0 Å². The van der Waals surface area contributed by atoms with Crippen LogP contribution in [0.5, 0.6) is 11.6 Å². The van der Waals surface area contributed by atoms with Gasteiger partial charge in [0.2, 0.25) is 0 Å². The summed E-state index contributed by atoms with van der Waals surface area (Å²) in [5, 5.41) is 1.19. The molecule has 3 aromatic carbocycles. The molecule has 0 fully saturated rings. The molecular formula is C24H16Cl2N4O. The van der Waals surface area contributed by atoms with E-state index in [1.807, 2.05) is 65.2 Å². The lowest BCUT2D eigenvalue weighted by Crippen LogP contribution is -2.01. The van der Waals surface area contributed by atoms with Crippen LogP contribution in [-0.4, -0.2) is 19.5 Å². The zero-order chi connectivity index (χ0) is 21.2. The molecule has 0 saturated carbocycles. The maximum absolute atomic E-state index is 6.32. The number of nitrogens with zero attached hydrogens (tertiary/aromatic N) is 4. The number of aromatic nitrogens is 4. The van der Waals surface area contributed by atoms with Gasteiger partial charge in [-0.25, -0.2) is 9.97 Å². The maximum atomic E-state index is 6.32. The zero-order valence-electron chi connectivity index (χ0n) is 16.2. The van der Waals surface area contributed by atoms with Gasteiger partial charge in [-0.3, -0.25) is 0 Å². The molecule has 0 amide bonds. The van der Waals surface area contributed by atoms with Crippen molar-refractivity contribution >= 4 is 34.4 Å². The predicted molar refractivity (Wildman–Crippen MR) is 123 cm³/mol. The molecule has 5 aromatic rings. The molecule has 0 spiro atoms. The first-order valence-corrected chi connectivity index (χ1v) is 10.4. The molecule has 0 aliphatic heterocycles. The average molecular weight is 447 g/mol. The summed E-state index contributed by atoms with van der Waals surface area (Å²) in [5.74, 6) is 1.06. The van der Waals surface area contributed by atoms with E-state index in [1.54, 1.807) is 6.33 Å². The highest BCUT2D eigenvalue weighted by molar-refractivity contribution is 6.36. The molecule has 0 N–H and O–H groups in total. The molecule has 2 heterocycles. The first-order chi connectivity index (χ1) is 15.2. The fourth-order valence-corrected chi connectivity index (χ4v) is 3.88. The lowest BCUT2D eigenvalue weighted by molar-refractivity contribution is 0.467. The van der Waals surface area contributed by atoms with Crippen molar-refractivity contribution in [1.29, 1.82) is 0 Å². The first-order valence-electron chi connectivity index (χ1n) is 9.61. The van der Waals surface area contributed by atoms with Gasteiger partial charge in [0, 0.05) is 15.6 Å². The fraction of sp³-hybridized carbons (Fsp3) is 0.0417. The van der Waals surface area contributed by atoms with Crippen LogP contribution in [0.15, 0.2) is 85.5 Å². The van der Waals surface area contributed by atoms with E-state index in [4.69, 9.17) is 27.9 Å². The topological polar surface area (TPSA) is 52.8 Å². The minimum atomic E-state index is 0.390.